The molecule has 0 aromatic carbocycles. The Labute approximate surface area is 79.8 Å². The lowest BCUT2D eigenvalue weighted by atomic mass is 10.1. The number of rotatable bonds is 5. The molecule has 72 valence electrons. The minimum Gasteiger partial charge on any atom is -0.390 e. The Morgan fingerprint density at radius 3 is 2.54 bits per heavy atom. The molecule has 0 unspecified atom stereocenters. The van der Waals surface area contributed by atoms with Crippen LogP contribution in [0.5, 0.6) is 0 Å². The number of pyridine rings is 1. The van der Waals surface area contributed by atoms with Crippen molar-refractivity contribution in [3.63, 3.8) is 0 Å². The first-order chi connectivity index (χ1) is 6.36. The first-order valence-electron chi connectivity index (χ1n) is 4.95. The van der Waals surface area contributed by atoms with E-state index in [0.717, 1.165) is 6.42 Å². The van der Waals surface area contributed by atoms with E-state index in [0.29, 0.717) is 6.54 Å². The molecular formula is C11H18NO+. The topological polar surface area (TPSA) is 24.1 Å². The maximum absolute atomic E-state index is 8.71. The van der Waals surface area contributed by atoms with Gasteiger partial charge in [-0.15, -0.1) is 0 Å². The van der Waals surface area contributed by atoms with Gasteiger partial charge in [-0.2, -0.15) is 0 Å². The zero-order valence-electron chi connectivity index (χ0n) is 8.24. The molecule has 1 heterocycles. The number of unbranched alkanes of at least 4 members (excludes halogenated alkanes) is 1. The molecule has 0 fully saturated rings. The van der Waals surface area contributed by atoms with E-state index in [1.165, 1.54) is 18.4 Å². The standard InChI is InChI=1S/C11H18NO/c1-2-3-4-11-5-7-12(8-6-11)9-10-13/h5-8,13H,2-4,9-10H2,1H3/q+1. The smallest absolute Gasteiger partial charge is 0.171 e. The van der Waals surface area contributed by atoms with Crippen LogP contribution in [-0.2, 0) is 13.0 Å². The Morgan fingerprint density at radius 2 is 2.00 bits per heavy atom. The third kappa shape index (κ3) is 3.55. The average Bonchev–Trinajstić information content (AvgIpc) is 2.17. The van der Waals surface area contributed by atoms with Gasteiger partial charge >= 0.3 is 0 Å². The summed E-state index contributed by atoms with van der Waals surface area (Å²) in [6.45, 7) is 3.10. The van der Waals surface area contributed by atoms with Gasteiger partial charge in [0.25, 0.3) is 0 Å². The van der Waals surface area contributed by atoms with Gasteiger partial charge in [0.1, 0.15) is 6.61 Å². The first kappa shape index (κ1) is 10.2. The number of nitrogens with zero attached hydrogens (tertiary/aromatic N) is 1. The molecule has 0 bridgehead atoms. The highest BCUT2D eigenvalue weighted by Crippen LogP contribution is 2.01. The molecule has 0 spiro atoms. The molecule has 2 nitrogen and oxygen atoms in total. The fraction of sp³-hybridized carbons (Fsp3) is 0.545. The van der Waals surface area contributed by atoms with Gasteiger partial charge in [0.15, 0.2) is 18.9 Å². The number of aliphatic hydroxyl groups is 1. The van der Waals surface area contributed by atoms with Crippen LogP contribution in [0.4, 0.5) is 0 Å². The molecule has 1 aromatic rings. The molecule has 1 aromatic heterocycles. The van der Waals surface area contributed by atoms with Gasteiger partial charge < -0.3 is 5.11 Å². The molecular weight excluding hydrogens is 162 g/mol. The maximum Gasteiger partial charge on any atom is 0.171 e. The summed E-state index contributed by atoms with van der Waals surface area (Å²) >= 11 is 0. The Kier molecular flexibility index (Phi) is 4.47. The third-order valence-corrected chi connectivity index (χ3v) is 2.14. The van der Waals surface area contributed by atoms with Crippen LogP contribution >= 0.6 is 0 Å². The summed E-state index contributed by atoms with van der Waals surface area (Å²) in [4.78, 5) is 0. The zero-order valence-corrected chi connectivity index (χ0v) is 8.24. The van der Waals surface area contributed by atoms with Crippen LogP contribution in [0, 0.1) is 0 Å². The Balaban J connectivity index is 2.48. The van der Waals surface area contributed by atoms with Crippen molar-refractivity contribution in [2.24, 2.45) is 0 Å². The van der Waals surface area contributed by atoms with Crippen molar-refractivity contribution in [3.8, 4) is 0 Å². The van der Waals surface area contributed by atoms with Gasteiger partial charge in [-0.25, -0.2) is 4.57 Å². The molecule has 0 atom stereocenters. The van der Waals surface area contributed by atoms with Crippen molar-refractivity contribution in [1.82, 2.24) is 0 Å². The molecule has 0 aliphatic carbocycles. The molecule has 13 heavy (non-hydrogen) atoms. The van der Waals surface area contributed by atoms with Crippen molar-refractivity contribution < 1.29 is 9.67 Å². The zero-order chi connectivity index (χ0) is 9.52. The van der Waals surface area contributed by atoms with Gasteiger partial charge in [-0.1, -0.05) is 13.3 Å². The molecule has 0 aliphatic rings. The lowest BCUT2D eigenvalue weighted by Gasteiger charge is -1.98. The van der Waals surface area contributed by atoms with Crippen molar-refractivity contribution in [2.75, 3.05) is 6.61 Å². The largest absolute Gasteiger partial charge is 0.390 e. The Bertz CT molecular complexity index is 230. The molecule has 2 heteroatoms. The maximum atomic E-state index is 8.71. The van der Waals surface area contributed by atoms with Crippen LogP contribution in [0.2, 0.25) is 0 Å². The van der Waals surface area contributed by atoms with Crippen LogP contribution in [0.15, 0.2) is 24.5 Å². The van der Waals surface area contributed by atoms with Gasteiger partial charge in [-0.05, 0) is 18.4 Å². The summed E-state index contributed by atoms with van der Waals surface area (Å²) in [5.74, 6) is 0. The molecule has 0 saturated carbocycles. The number of aromatic nitrogens is 1. The Hall–Kier alpha value is -0.890. The average molecular weight is 180 g/mol. The minimum absolute atomic E-state index is 0.207. The van der Waals surface area contributed by atoms with Gasteiger partial charge in [-0.3, -0.25) is 0 Å². The summed E-state index contributed by atoms with van der Waals surface area (Å²) in [5, 5.41) is 8.71. The SMILES string of the molecule is CCCCc1cc[n+](CCO)cc1. The lowest BCUT2D eigenvalue weighted by Crippen LogP contribution is -2.34. The van der Waals surface area contributed by atoms with Crippen molar-refractivity contribution in [3.05, 3.63) is 30.1 Å². The van der Waals surface area contributed by atoms with Gasteiger partial charge in [0.2, 0.25) is 0 Å². The predicted molar refractivity (Wildman–Crippen MR) is 52.3 cm³/mol. The molecule has 0 amide bonds. The monoisotopic (exact) mass is 180 g/mol. The van der Waals surface area contributed by atoms with Crippen molar-refractivity contribution >= 4 is 0 Å². The van der Waals surface area contributed by atoms with Crippen molar-refractivity contribution in [1.29, 1.82) is 0 Å². The van der Waals surface area contributed by atoms with Crippen molar-refractivity contribution in [2.45, 2.75) is 32.7 Å². The highest BCUT2D eigenvalue weighted by Gasteiger charge is 1.98. The third-order valence-electron chi connectivity index (χ3n) is 2.14. The lowest BCUT2D eigenvalue weighted by molar-refractivity contribution is -0.698. The summed E-state index contributed by atoms with van der Waals surface area (Å²) in [6, 6.07) is 4.26. The minimum atomic E-state index is 0.207. The summed E-state index contributed by atoms with van der Waals surface area (Å²) in [5.41, 5.74) is 1.39. The van der Waals surface area contributed by atoms with Crippen LogP contribution in [0.3, 0.4) is 0 Å². The predicted octanol–water partition coefficient (Wildman–Crippen LogP) is 1.31. The molecule has 0 aliphatic heterocycles. The quantitative estimate of drug-likeness (QED) is 0.679. The molecule has 0 saturated heterocycles. The van der Waals surface area contributed by atoms with Gasteiger partial charge in [0.05, 0.1) is 0 Å². The fourth-order valence-corrected chi connectivity index (χ4v) is 1.30. The second-order valence-corrected chi connectivity index (χ2v) is 3.27. The van der Waals surface area contributed by atoms with E-state index in [9.17, 15) is 0 Å². The summed E-state index contributed by atoms with van der Waals surface area (Å²) < 4.78 is 2.00. The van der Waals surface area contributed by atoms with Crippen LogP contribution < -0.4 is 4.57 Å². The van der Waals surface area contributed by atoms with E-state index >= 15 is 0 Å². The van der Waals surface area contributed by atoms with Crippen LogP contribution in [-0.4, -0.2) is 11.7 Å². The first-order valence-corrected chi connectivity index (χ1v) is 4.95. The number of hydrogen-bond acceptors (Lipinski definition) is 1. The second-order valence-electron chi connectivity index (χ2n) is 3.27. The van der Waals surface area contributed by atoms with E-state index in [-0.39, 0.29) is 6.61 Å². The Morgan fingerprint density at radius 1 is 1.31 bits per heavy atom. The van der Waals surface area contributed by atoms with E-state index in [1.807, 2.05) is 17.0 Å². The van der Waals surface area contributed by atoms with E-state index in [1.54, 1.807) is 0 Å². The van der Waals surface area contributed by atoms with E-state index in [2.05, 4.69) is 19.1 Å². The highest BCUT2D eigenvalue weighted by atomic mass is 16.3. The normalized spacial score (nSPS) is 10.3. The fourth-order valence-electron chi connectivity index (χ4n) is 1.30. The molecule has 1 N–H and O–H groups in total. The van der Waals surface area contributed by atoms with E-state index < -0.39 is 0 Å². The number of aryl methyl sites for hydroxylation is 1. The van der Waals surface area contributed by atoms with Gasteiger partial charge in [0, 0.05) is 12.1 Å². The van der Waals surface area contributed by atoms with Crippen LogP contribution in [0.25, 0.3) is 0 Å². The summed E-state index contributed by atoms with van der Waals surface area (Å²) in [7, 11) is 0. The summed E-state index contributed by atoms with van der Waals surface area (Å²) in [6.07, 6.45) is 7.72. The van der Waals surface area contributed by atoms with E-state index in [4.69, 9.17) is 5.11 Å². The number of aliphatic hydroxyl groups excluding tert-OH is 1. The molecule has 0 radical (unpaired) electrons. The van der Waals surface area contributed by atoms with Crippen LogP contribution in [0.1, 0.15) is 25.3 Å². The second kappa shape index (κ2) is 5.70. The number of hydrogen-bond donors (Lipinski definition) is 1. The highest BCUT2D eigenvalue weighted by molar-refractivity contribution is 5.06. The molecule has 1 rings (SSSR count).